The number of fused-ring (bicyclic) bond motifs is 1. The maximum Gasteiger partial charge on any atom is 0.224 e. The molecule has 36 heavy (non-hydrogen) atoms. The van der Waals surface area contributed by atoms with E-state index in [4.69, 9.17) is 19.2 Å². The Kier molecular flexibility index (Phi) is 8.81. The lowest BCUT2D eigenvalue weighted by molar-refractivity contribution is -0.120. The number of nitrogens with one attached hydrogen (secondary N) is 1. The molecule has 0 fully saturated rings. The number of aromatic nitrogens is 2. The smallest absolute Gasteiger partial charge is 0.224 e. The van der Waals surface area contributed by atoms with Gasteiger partial charge in [0.1, 0.15) is 11.6 Å². The molecule has 1 N–H and O–H groups in total. The Morgan fingerprint density at radius 3 is 2.50 bits per heavy atom. The maximum atomic E-state index is 12.5. The van der Waals surface area contributed by atoms with Gasteiger partial charge in [-0.2, -0.15) is 0 Å². The Hall–Kier alpha value is -4.00. The fraction of sp³-hybridized carbons (Fsp3) is 0.310. The summed E-state index contributed by atoms with van der Waals surface area (Å²) >= 11 is 0. The van der Waals surface area contributed by atoms with Gasteiger partial charge in [-0.3, -0.25) is 4.79 Å². The van der Waals surface area contributed by atoms with Crippen LogP contribution in [0.15, 0.2) is 72.8 Å². The van der Waals surface area contributed by atoms with Crippen LogP contribution in [0.2, 0.25) is 0 Å². The lowest BCUT2D eigenvalue weighted by Crippen LogP contribution is -2.26. The number of carbonyl (C=O) groups is 1. The highest BCUT2D eigenvalue weighted by Crippen LogP contribution is 2.27. The van der Waals surface area contributed by atoms with E-state index in [1.54, 1.807) is 14.2 Å². The summed E-state index contributed by atoms with van der Waals surface area (Å²) in [6.07, 6.45) is 2.76. The largest absolute Gasteiger partial charge is 0.494 e. The number of para-hydroxylation sites is 3. The molecule has 7 heteroatoms. The number of hydrogen-bond acceptors (Lipinski definition) is 5. The van der Waals surface area contributed by atoms with E-state index in [9.17, 15) is 4.79 Å². The van der Waals surface area contributed by atoms with Crippen molar-refractivity contribution < 1.29 is 19.0 Å². The molecule has 3 aromatic carbocycles. The molecule has 0 aliphatic rings. The standard InChI is InChI=1S/C29H33N3O4/c1-34-26-16-15-22(20-27(26)35-2)21-29(33)30-17-8-14-28-31-24-12-6-7-13-25(24)32(28)18-9-19-36-23-10-4-3-5-11-23/h3-7,10-13,15-16,20H,8-9,14,17-19,21H2,1-2H3,(H,30,33). The van der Waals surface area contributed by atoms with Gasteiger partial charge >= 0.3 is 0 Å². The number of rotatable bonds is 13. The molecule has 0 atom stereocenters. The first-order chi connectivity index (χ1) is 17.7. The van der Waals surface area contributed by atoms with Crippen LogP contribution in [-0.4, -0.2) is 42.8 Å². The van der Waals surface area contributed by atoms with Gasteiger partial charge in [-0.1, -0.05) is 36.4 Å². The highest BCUT2D eigenvalue weighted by Gasteiger charge is 2.11. The third-order valence-electron chi connectivity index (χ3n) is 5.98. The second kappa shape index (κ2) is 12.6. The van der Waals surface area contributed by atoms with E-state index in [2.05, 4.69) is 16.0 Å². The molecule has 0 aliphatic heterocycles. The minimum atomic E-state index is -0.0196. The molecule has 7 nitrogen and oxygen atoms in total. The van der Waals surface area contributed by atoms with Crippen LogP contribution in [0.4, 0.5) is 0 Å². The molecule has 188 valence electrons. The number of imidazole rings is 1. The van der Waals surface area contributed by atoms with Crippen molar-refractivity contribution >= 4 is 16.9 Å². The number of benzene rings is 3. The number of methoxy groups -OCH3 is 2. The zero-order valence-electron chi connectivity index (χ0n) is 20.9. The molecule has 0 spiro atoms. The van der Waals surface area contributed by atoms with Gasteiger partial charge in [-0.15, -0.1) is 0 Å². The third kappa shape index (κ3) is 6.56. The average Bonchev–Trinajstić information content (AvgIpc) is 3.27. The van der Waals surface area contributed by atoms with E-state index in [0.29, 0.717) is 31.1 Å². The molecular formula is C29H33N3O4. The number of amides is 1. The van der Waals surface area contributed by atoms with Crippen LogP contribution in [-0.2, 0) is 24.2 Å². The van der Waals surface area contributed by atoms with Gasteiger partial charge in [0.2, 0.25) is 5.91 Å². The van der Waals surface area contributed by atoms with Crippen LogP contribution in [0.1, 0.15) is 24.2 Å². The molecule has 0 saturated heterocycles. The van der Waals surface area contributed by atoms with Crippen LogP contribution in [0.25, 0.3) is 11.0 Å². The Labute approximate surface area is 212 Å². The zero-order chi connectivity index (χ0) is 25.2. The van der Waals surface area contributed by atoms with Crippen molar-refractivity contribution in [3.8, 4) is 17.2 Å². The summed E-state index contributed by atoms with van der Waals surface area (Å²) in [7, 11) is 3.18. The minimum Gasteiger partial charge on any atom is -0.494 e. The quantitative estimate of drug-likeness (QED) is 0.274. The Morgan fingerprint density at radius 1 is 0.917 bits per heavy atom. The van der Waals surface area contributed by atoms with Gasteiger partial charge in [0.25, 0.3) is 0 Å². The van der Waals surface area contributed by atoms with Gasteiger partial charge in [-0.05, 0) is 54.8 Å². The molecule has 1 amide bonds. The van der Waals surface area contributed by atoms with Crippen molar-refractivity contribution in [2.45, 2.75) is 32.2 Å². The predicted molar refractivity (Wildman–Crippen MR) is 141 cm³/mol. The number of hydrogen-bond donors (Lipinski definition) is 1. The van der Waals surface area contributed by atoms with Crippen molar-refractivity contribution in [3.63, 3.8) is 0 Å². The van der Waals surface area contributed by atoms with Gasteiger partial charge in [-0.25, -0.2) is 4.98 Å². The molecule has 1 heterocycles. The van der Waals surface area contributed by atoms with Crippen LogP contribution < -0.4 is 19.5 Å². The van der Waals surface area contributed by atoms with Crippen molar-refractivity contribution in [2.24, 2.45) is 0 Å². The second-order valence-electron chi connectivity index (χ2n) is 8.50. The summed E-state index contributed by atoms with van der Waals surface area (Å²) in [6.45, 7) is 2.06. The first kappa shape index (κ1) is 25.1. The van der Waals surface area contributed by atoms with E-state index in [0.717, 1.165) is 54.0 Å². The summed E-state index contributed by atoms with van der Waals surface area (Å²) < 4.78 is 18.7. The number of carbonyl (C=O) groups excluding carboxylic acids is 1. The molecule has 0 bridgehead atoms. The second-order valence-corrected chi connectivity index (χ2v) is 8.50. The van der Waals surface area contributed by atoms with E-state index in [1.807, 2.05) is 66.7 Å². The molecule has 4 aromatic rings. The summed E-state index contributed by atoms with van der Waals surface area (Å²) in [5, 5.41) is 3.02. The number of aryl methyl sites for hydroxylation is 2. The van der Waals surface area contributed by atoms with E-state index < -0.39 is 0 Å². The van der Waals surface area contributed by atoms with Crippen molar-refractivity contribution in [1.82, 2.24) is 14.9 Å². The summed E-state index contributed by atoms with van der Waals surface area (Å²) in [4.78, 5) is 17.3. The molecule has 0 radical (unpaired) electrons. The van der Waals surface area contributed by atoms with Gasteiger partial charge in [0, 0.05) is 19.5 Å². The molecule has 0 unspecified atom stereocenters. The molecule has 0 saturated carbocycles. The van der Waals surface area contributed by atoms with Crippen LogP contribution in [0, 0.1) is 0 Å². The fourth-order valence-electron chi connectivity index (χ4n) is 4.21. The third-order valence-corrected chi connectivity index (χ3v) is 5.98. The zero-order valence-corrected chi connectivity index (χ0v) is 20.9. The maximum absolute atomic E-state index is 12.5. The number of ether oxygens (including phenoxy) is 3. The SMILES string of the molecule is COc1ccc(CC(=O)NCCCc2nc3ccccc3n2CCCOc2ccccc2)cc1OC. The summed E-state index contributed by atoms with van der Waals surface area (Å²) in [6, 6.07) is 23.6. The van der Waals surface area contributed by atoms with Gasteiger partial charge in [0.15, 0.2) is 11.5 Å². The summed E-state index contributed by atoms with van der Waals surface area (Å²) in [5.41, 5.74) is 3.00. The Bertz CT molecular complexity index is 1270. The van der Waals surface area contributed by atoms with Gasteiger partial charge in [0.05, 0.1) is 38.3 Å². The highest BCUT2D eigenvalue weighted by atomic mass is 16.5. The lowest BCUT2D eigenvalue weighted by atomic mass is 10.1. The molecule has 0 aliphatic carbocycles. The normalized spacial score (nSPS) is 10.8. The first-order valence-electron chi connectivity index (χ1n) is 12.3. The van der Waals surface area contributed by atoms with Crippen LogP contribution in [0.5, 0.6) is 17.2 Å². The number of nitrogens with zero attached hydrogens (tertiary/aromatic N) is 2. The predicted octanol–water partition coefficient (Wildman–Crippen LogP) is 4.81. The van der Waals surface area contributed by atoms with Gasteiger partial charge < -0.3 is 24.1 Å². The highest BCUT2D eigenvalue weighted by molar-refractivity contribution is 5.79. The average molecular weight is 488 g/mol. The Morgan fingerprint density at radius 2 is 1.69 bits per heavy atom. The molecule has 1 aromatic heterocycles. The van der Waals surface area contributed by atoms with Crippen molar-refractivity contribution in [3.05, 3.63) is 84.2 Å². The topological polar surface area (TPSA) is 74.6 Å². The van der Waals surface area contributed by atoms with Crippen molar-refractivity contribution in [1.29, 1.82) is 0 Å². The van der Waals surface area contributed by atoms with E-state index >= 15 is 0 Å². The molecule has 4 rings (SSSR count). The first-order valence-corrected chi connectivity index (χ1v) is 12.3. The minimum absolute atomic E-state index is 0.0196. The lowest BCUT2D eigenvalue weighted by Gasteiger charge is -2.11. The fourth-order valence-corrected chi connectivity index (χ4v) is 4.21. The van der Waals surface area contributed by atoms with E-state index in [1.165, 1.54) is 0 Å². The Balaban J connectivity index is 1.28. The molecular weight excluding hydrogens is 454 g/mol. The monoisotopic (exact) mass is 487 g/mol. The summed E-state index contributed by atoms with van der Waals surface area (Å²) in [5.74, 6) is 3.17. The van der Waals surface area contributed by atoms with Crippen LogP contribution in [0.3, 0.4) is 0 Å². The van der Waals surface area contributed by atoms with E-state index in [-0.39, 0.29) is 5.91 Å². The van der Waals surface area contributed by atoms with Crippen LogP contribution >= 0.6 is 0 Å². The van der Waals surface area contributed by atoms with Crippen molar-refractivity contribution in [2.75, 3.05) is 27.4 Å².